The zero-order valence-corrected chi connectivity index (χ0v) is 13.8. The fourth-order valence-electron chi connectivity index (χ4n) is 2.68. The van der Waals surface area contributed by atoms with Gasteiger partial charge in [-0.3, -0.25) is 4.79 Å². The number of amides is 1. The molecule has 120 valence electrons. The zero-order chi connectivity index (χ0) is 16.2. The number of carbonyl (C=O) groups is 1. The molecule has 5 nitrogen and oxygen atoms in total. The molecular formula is C17H19ClN4O. The van der Waals surface area contributed by atoms with Crippen LogP contribution in [0.25, 0.3) is 0 Å². The van der Waals surface area contributed by atoms with Crippen LogP contribution in [0.1, 0.15) is 35.3 Å². The van der Waals surface area contributed by atoms with Gasteiger partial charge in [-0.15, -0.1) is 0 Å². The third kappa shape index (κ3) is 3.62. The Bertz CT molecular complexity index is 713. The first-order valence-corrected chi connectivity index (χ1v) is 8.16. The topological polar surface area (TPSA) is 58.1 Å². The first kappa shape index (κ1) is 15.7. The highest BCUT2D eigenvalue weighted by molar-refractivity contribution is 6.31. The van der Waals surface area contributed by atoms with Crippen LogP contribution in [0.3, 0.4) is 0 Å². The van der Waals surface area contributed by atoms with Gasteiger partial charge in [0, 0.05) is 29.9 Å². The van der Waals surface area contributed by atoms with Crippen molar-refractivity contribution in [2.45, 2.75) is 26.2 Å². The lowest BCUT2D eigenvalue weighted by Gasteiger charge is -2.26. The van der Waals surface area contributed by atoms with Crippen LogP contribution in [0, 0.1) is 6.92 Å². The number of aromatic nitrogens is 2. The summed E-state index contributed by atoms with van der Waals surface area (Å²) in [5, 5.41) is 3.89. The van der Waals surface area contributed by atoms with Gasteiger partial charge in [0.05, 0.1) is 0 Å². The molecule has 0 unspecified atom stereocenters. The van der Waals surface area contributed by atoms with Crippen molar-refractivity contribution in [1.82, 2.24) is 14.9 Å². The SMILES string of the molecule is Cc1c(Cl)cccc1Nc1cc(C(=O)N2CCCCC2)ncn1. The van der Waals surface area contributed by atoms with E-state index in [0.29, 0.717) is 16.5 Å². The Morgan fingerprint density at radius 3 is 2.78 bits per heavy atom. The molecule has 23 heavy (non-hydrogen) atoms. The lowest BCUT2D eigenvalue weighted by atomic mass is 10.1. The van der Waals surface area contributed by atoms with Crippen LogP contribution in [0.4, 0.5) is 11.5 Å². The van der Waals surface area contributed by atoms with Crippen LogP contribution >= 0.6 is 11.6 Å². The Hall–Kier alpha value is -2.14. The number of nitrogens with zero attached hydrogens (tertiary/aromatic N) is 3. The van der Waals surface area contributed by atoms with Crippen molar-refractivity contribution in [3.8, 4) is 0 Å². The monoisotopic (exact) mass is 330 g/mol. The van der Waals surface area contributed by atoms with Gasteiger partial charge in [-0.05, 0) is 43.9 Å². The molecule has 0 atom stereocenters. The van der Waals surface area contributed by atoms with E-state index in [4.69, 9.17) is 11.6 Å². The fourth-order valence-corrected chi connectivity index (χ4v) is 2.86. The summed E-state index contributed by atoms with van der Waals surface area (Å²) >= 11 is 6.13. The van der Waals surface area contributed by atoms with Gasteiger partial charge in [0.2, 0.25) is 0 Å². The maximum Gasteiger partial charge on any atom is 0.272 e. The Labute approximate surface area is 140 Å². The second-order valence-electron chi connectivity index (χ2n) is 5.68. The Morgan fingerprint density at radius 1 is 1.22 bits per heavy atom. The number of rotatable bonds is 3. The van der Waals surface area contributed by atoms with Crippen molar-refractivity contribution in [3.05, 3.63) is 46.9 Å². The molecule has 1 amide bonds. The minimum Gasteiger partial charge on any atom is -0.340 e. The lowest BCUT2D eigenvalue weighted by molar-refractivity contribution is 0.0718. The standard InChI is InChI=1S/C17H19ClN4O/c1-12-13(18)6-5-7-14(12)21-16-10-15(19-11-20-16)17(23)22-8-3-2-4-9-22/h5-7,10-11H,2-4,8-9H2,1H3,(H,19,20,21). The first-order chi connectivity index (χ1) is 11.1. The van der Waals surface area contributed by atoms with Crippen molar-refractivity contribution in [3.63, 3.8) is 0 Å². The van der Waals surface area contributed by atoms with Gasteiger partial charge in [-0.25, -0.2) is 9.97 Å². The highest BCUT2D eigenvalue weighted by atomic mass is 35.5. The van der Waals surface area contributed by atoms with E-state index in [1.54, 1.807) is 6.07 Å². The molecule has 0 saturated carbocycles. The number of carbonyl (C=O) groups excluding carboxylic acids is 1. The molecule has 1 N–H and O–H groups in total. The highest BCUT2D eigenvalue weighted by Crippen LogP contribution is 2.25. The van der Waals surface area contributed by atoms with Crippen molar-refractivity contribution in [2.75, 3.05) is 18.4 Å². The number of halogens is 1. The van der Waals surface area contributed by atoms with E-state index < -0.39 is 0 Å². The summed E-state index contributed by atoms with van der Waals surface area (Å²) in [5.41, 5.74) is 2.23. The lowest BCUT2D eigenvalue weighted by Crippen LogP contribution is -2.36. The van der Waals surface area contributed by atoms with Gasteiger partial charge in [0.1, 0.15) is 17.8 Å². The van der Waals surface area contributed by atoms with E-state index in [2.05, 4.69) is 15.3 Å². The normalized spacial score (nSPS) is 14.6. The molecule has 0 aliphatic carbocycles. The maximum absolute atomic E-state index is 12.5. The van der Waals surface area contributed by atoms with Gasteiger partial charge >= 0.3 is 0 Å². The van der Waals surface area contributed by atoms with E-state index in [9.17, 15) is 4.79 Å². The van der Waals surface area contributed by atoms with Crippen LogP contribution < -0.4 is 5.32 Å². The second kappa shape index (κ2) is 6.96. The molecular weight excluding hydrogens is 312 g/mol. The number of piperidine rings is 1. The van der Waals surface area contributed by atoms with Gasteiger partial charge in [0.25, 0.3) is 5.91 Å². The van der Waals surface area contributed by atoms with Crippen molar-refractivity contribution in [2.24, 2.45) is 0 Å². The summed E-state index contributed by atoms with van der Waals surface area (Å²) < 4.78 is 0. The predicted octanol–water partition coefficient (Wildman–Crippen LogP) is 3.81. The van der Waals surface area contributed by atoms with Crippen molar-refractivity contribution in [1.29, 1.82) is 0 Å². The summed E-state index contributed by atoms with van der Waals surface area (Å²) in [6.07, 6.45) is 4.72. The third-order valence-electron chi connectivity index (χ3n) is 4.06. The molecule has 2 heterocycles. The second-order valence-corrected chi connectivity index (χ2v) is 6.09. The molecule has 1 aromatic heterocycles. The van der Waals surface area contributed by atoms with Crippen molar-refractivity contribution >= 4 is 29.0 Å². The number of nitrogens with one attached hydrogen (secondary N) is 1. The minimum absolute atomic E-state index is 0.0297. The average Bonchev–Trinajstić information content (AvgIpc) is 2.59. The molecule has 3 rings (SSSR count). The predicted molar refractivity (Wildman–Crippen MR) is 91.3 cm³/mol. The van der Waals surface area contributed by atoms with Crippen molar-refractivity contribution < 1.29 is 4.79 Å². The largest absolute Gasteiger partial charge is 0.340 e. The summed E-state index contributed by atoms with van der Waals surface area (Å²) in [7, 11) is 0. The zero-order valence-electron chi connectivity index (χ0n) is 13.1. The van der Waals surface area contributed by atoms with Crippen LogP contribution in [0.5, 0.6) is 0 Å². The highest BCUT2D eigenvalue weighted by Gasteiger charge is 2.19. The van der Waals surface area contributed by atoms with Crippen LogP contribution in [0.15, 0.2) is 30.6 Å². The fraction of sp³-hybridized carbons (Fsp3) is 0.353. The molecule has 1 aromatic carbocycles. The van der Waals surface area contributed by atoms with Gasteiger partial charge in [0.15, 0.2) is 0 Å². The Kier molecular flexibility index (Phi) is 4.76. The minimum atomic E-state index is -0.0297. The average molecular weight is 331 g/mol. The molecule has 1 aliphatic rings. The number of likely N-dealkylation sites (tertiary alicyclic amines) is 1. The molecule has 6 heteroatoms. The van der Waals surface area contributed by atoms with E-state index in [0.717, 1.165) is 37.2 Å². The molecule has 2 aromatic rings. The molecule has 1 fully saturated rings. The summed E-state index contributed by atoms with van der Waals surface area (Å²) in [4.78, 5) is 22.7. The van der Waals surface area contributed by atoms with E-state index in [1.807, 2.05) is 30.0 Å². The van der Waals surface area contributed by atoms with Crippen LogP contribution in [-0.4, -0.2) is 33.9 Å². The van der Waals surface area contributed by atoms with Crippen LogP contribution in [0.2, 0.25) is 5.02 Å². The van der Waals surface area contributed by atoms with Gasteiger partial charge in [-0.2, -0.15) is 0 Å². The van der Waals surface area contributed by atoms with Crippen LogP contribution in [-0.2, 0) is 0 Å². The molecule has 1 saturated heterocycles. The smallest absolute Gasteiger partial charge is 0.272 e. The van der Waals surface area contributed by atoms with E-state index in [1.165, 1.54) is 12.7 Å². The maximum atomic E-state index is 12.5. The molecule has 0 radical (unpaired) electrons. The number of benzene rings is 1. The van der Waals surface area contributed by atoms with E-state index in [-0.39, 0.29) is 5.91 Å². The third-order valence-corrected chi connectivity index (χ3v) is 4.47. The molecule has 0 bridgehead atoms. The van der Waals surface area contributed by atoms with Gasteiger partial charge in [-0.1, -0.05) is 17.7 Å². The Balaban J connectivity index is 1.79. The summed E-state index contributed by atoms with van der Waals surface area (Å²) in [6.45, 7) is 3.55. The number of hydrogen-bond acceptors (Lipinski definition) is 4. The van der Waals surface area contributed by atoms with Gasteiger partial charge < -0.3 is 10.2 Å². The quantitative estimate of drug-likeness (QED) is 0.929. The summed E-state index contributed by atoms with van der Waals surface area (Å²) in [6, 6.07) is 7.33. The molecule has 1 aliphatic heterocycles. The number of hydrogen-bond donors (Lipinski definition) is 1. The summed E-state index contributed by atoms with van der Waals surface area (Å²) in [5.74, 6) is 0.559. The molecule has 0 spiro atoms. The Morgan fingerprint density at radius 2 is 2.00 bits per heavy atom. The first-order valence-electron chi connectivity index (χ1n) is 7.78. The van der Waals surface area contributed by atoms with E-state index >= 15 is 0 Å². The number of anilines is 2.